The van der Waals surface area contributed by atoms with Gasteiger partial charge in [-0.05, 0) is 43.5 Å². The molecule has 1 aliphatic carbocycles. The topological polar surface area (TPSA) is 48.0 Å². The number of alkyl halides is 3. The molecule has 0 spiro atoms. The molecule has 0 bridgehead atoms. The lowest BCUT2D eigenvalue weighted by Gasteiger charge is -2.18. The Hall–Kier alpha value is -2.87. The van der Waals surface area contributed by atoms with Gasteiger partial charge in [0.2, 0.25) is 0 Å². The van der Waals surface area contributed by atoms with Gasteiger partial charge in [0.1, 0.15) is 10.8 Å². The lowest BCUT2D eigenvalue weighted by Crippen LogP contribution is -2.29. The summed E-state index contributed by atoms with van der Waals surface area (Å²) in [7, 11) is 0. The molecule has 0 amide bonds. The molecule has 0 unspecified atom stereocenters. The molecule has 9 heteroatoms. The summed E-state index contributed by atoms with van der Waals surface area (Å²) in [6.45, 7) is 1.67. The summed E-state index contributed by atoms with van der Waals surface area (Å²) >= 11 is 6.29. The highest BCUT2D eigenvalue weighted by Crippen LogP contribution is 2.58. The van der Waals surface area contributed by atoms with Crippen LogP contribution < -0.4 is 0 Å². The third-order valence-corrected chi connectivity index (χ3v) is 6.07. The van der Waals surface area contributed by atoms with E-state index in [-0.39, 0.29) is 19.4 Å². The fourth-order valence-electron chi connectivity index (χ4n) is 3.67. The van der Waals surface area contributed by atoms with Gasteiger partial charge in [-0.3, -0.25) is 4.68 Å². The van der Waals surface area contributed by atoms with Crippen molar-refractivity contribution >= 4 is 17.2 Å². The van der Waals surface area contributed by atoms with Crippen molar-refractivity contribution in [2.75, 3.05) is 0 Å². The first kappa shape index (κ1) is 19.1. The maximum Gasteiger partial charge on any atom is 0.396 e. The monoisotopic (exact) mass is 431 g/mol. The average Bonchev–Trinajstić information content (AvgIpc) is 3.12. The fourth-order valence-corrected chi connectivity index (χ4v) is 3.81. The maximum atomic E-state index is 13.3. The van der Waals surface area contributed by atoms with Gasteiger partial charge in [0.25, 0.3) is 0 Å². The lowest BCUT2D eigenvalue weighted by atomic mass is 10.0. The third kappa shape index (κ3) is 3.15. The van der Waals surface area contributed by atoms with Crippen molar-refractivity contribution in [2.45, 2.75) is 32.5 Å². The molecular weight excluding hydrogens is 415 g/mol. The minimum absolute atomic E-state index is 0.142. The van der Waals surface area contributed by atoms with Crippen molar-refractivity contribution in [1.29, 1.82) is 0 Å². The number of aromatic nitrogens is 5. The molecule has 1 fully saturated rings. The average molecular weight is 432 g/mol. The van der Waals surface area contributed by atoms with E-state index in [4.69, 9.17) is 11.6 Å². The predicted octanol–water partition coefficient (Wildman–Crippen LogP) is 5.56. The Balaban J connectivity index is 1.56. The van der Waals surface area contributed by atoms with Crippen LogP contribution in [0.5, 0.6) is 0 Å². The Morgan fingerprint density at radius 3 is 2.70 bits per heavy atom. The quantitative estimate of drug-likeness (QED) is 0.397. The number of halogens is 4. The second-order valence-corrected chi connectivity index (χ2v) is 8.16. The number of hydrogen-bond donors (Lipinski definition) is 0. The number of nitrogens with zero attached hydrogens (tertiary/aromatic N) is 5. The number of aryl methyl sites for hydroxylation is 1. The Morgan fingerprint density at radius 2 is 1.97 bits per heavy atom. The second kappa shape index (κ2) is 6.57. The van der Waals surface area contributed by atoms with Gasteiger partial charge in [-0.15, -0.1) is 0 Å². The fraction of sp³-hybridized carbons (Fsp3) is 0.286. The van der Waals surface area contributed by atoms with E-state index in [0.29, 0.717) is 16.4 Å². The summed E-state index contributed by atoms with van der Waals surface area (Å²) in [5, 5.41) is 4.57. The summed E-state index contributed by atoms with van der Waals surface area (Å²) in [6, 6.07) is 5.68. The van der Waals surface area contributed by atoms with Crippen LogP contribution in [0, 0.1) is 12.3 Å². The van der Waals surface area contributed by atoms with Crippen molar-refractivity contribution < 1.29 is 13.2 Å². The van der Waals surface area contributed by atoms with Crippen LogP contribution in [0.3, 0.4) is 0 Å². The molecular formula is C21H17ClF3N5. The third-order valence-electron chi connectivity index (χ3n) is 5.69. The Labute approximate surface area is 175 Å². The summed E-state index contributed by atoms with van der Waals surface area (Å²) in [6.07, 6.45) is 4.71. The van der Waals surface area contributed by atoms with Gasteiger partial charge in [-0.1, -0.05) is 11.6 Å². The van der Waals surface area contributed by atoms with Gasteiger partial charge < -0.3 is 4.40 Å². The molecule has 1 aliphatic rings. The first-order chi connectivity index (χ1) is 14.3. The molecule has 5 nitrogen and oxygen atoms in total. The van der Waals surface area contributed by atoms with Gasteiger partial charge in [0, 0.05) is 41.5 Å². The van der Waals surface area contributed by atoms with Crippen molar-refractivity contribution in [1.82, 2.24) is 24.1 Å². The molecule has 1 saturated carbocycles. The van der Waals surface area contributed by atoms with Gasteiger partial charge in [0.05, 0.1) is 23.9 Å². The van der Waals surface area contributed by atoms with Gasteiger partial charge in [-0.25, -0.2) is 9.97 Å². The number of pyridine rings is 2. The molecule has 4 heterocycles. The highest BCUT2D eigenvalue weighted by molar-refractivity contribution is 6.30. The van der Waals surface area contributed by atoms with Crippen LogP contribution >= 0.6 is 11.6 Å². The van der Waals surface area contributed by atoms with E-state index in [9.17, 15) is 13.2 Å². The van der Waals surface area contributed by atoms with Crippen LogP contribution in [0.15, 0.2) is 49.2 Å². The van der Waals surface area contributed by atoms with Crippen LogP contribution in [0.4, 0.5) is 13.2 Å². The van der Waals surface area contributed by atoms with Crippen LogP contribution in [0.2, 0.25) is 5.15 Å². The number of fused-ring (bicyclic) bond motifs is 1. The molecule has 0 N–H and O–H groups in total. The predicted molar refractivity (Wildman–Crippen MR) is 107 cm³/mol. The molecule has 0 aromatic carbocycles. The lowest BCUT2D eigenvalue weighted by molar-refractivity contribution is -0.191. The number of imidazole rings is 1. The molecule has 30 heavy (non-hydrogen) atoms. The molecule has 0 saturated heterocycles. The summed E-state index contributed by atoms with van der Waals surface area (Å²) < 4.78 is 43.2. The van der Waals surface area contributed by atoms with Crippen LogP contribution in [0.1, 0.15) is 18.4 Å². The molecule has 4 aromatic heterocycles. The van der Waals surface area contributed by atoms with E-state index < -0.39 is 11.6 Å². The number of hydrogen-bond acceptors (Lipinski definition) is 3. The summed E-state index contributed by atoms with van der Waals surface area (Å²) in [4.78, 5) is 8.86. The van der Waals surface area contributed by atoms with E-state index in [1.807, 2.05) is 41.9 Å². The zero-order chi connectivity index (χ0) is 21.1. The summed E-state index contributed by atoms with van der Waals surface area (Å²) in [5.74, 6) is 0. The standard InChI is InChI=1S/C21H17ClF3N5/c1-13-8-16(15-10-27-30(11-15)12-20(3-4-20)21(23,24)25)18(28-19(13)22)14-2-6-29-7-5-26-17(29)9-14/h2,5-11H,3-4,12H2,1H3. The Kier molecular flexibility index (Phi) is 4.18. The molecule has 5 rings (SSSR count). The van der Waals surface area contributed by atoms with E-state index in [0.717, 1.165) is 22.3 Å². The zero-order valence-electron chi connectivity index (χ0n) is 16.0. The number of rotatable bonds is 4. The van der Waals surface area contributed by atoms with Crippen LogP contribution in [0.25, 0.3) is 28.0 Å². The van der Waals surface area contributed by atoms with Crippen molar-refractivity contribution in [3.63, 3.8) is 0 Å². The highest BCUT2D eigenvalue weighted by Gasteiger charge is 2.63. The molecule has 0 aliphatic heterocycles. The largest absolute Gasteiger partial charge is 0.396 e. The van der Waals surface area contributed by atoms with E-state index >= 15 is 0 Å². The summed E-state index contributed by atoms with van der Waals surface area (Å²) in [5.41, 5.74) is 2.78. The minimum Gasteiger partial charge on any atom is -0.307 e. The maximum absolute atomic E-state index is 13.3. The molecule has 154 valence electrons. The van der Waals surface area contributed by atoms with E-state index in [2.05, 4.69) is 15.1 Å². The smallest absolute Gasteiger partial charge is 0.307 e. The van der Waals surface area contributed by atoms with Gasteiger partial charge in [0.15, 0.2) is 0 Å². The normalized spacial score (nSPS) is 15.6. The molecule has 0 atom stereocenters. The van der Waals surface area contributed by atoms with Crippen molar-refractivity contribution in [3.8, 4) is 22.4 Å². The second-order valence-electron chi connectivity index (χ2n) is 7.81. The van der Waals surface area contributed by atoms with E-state index in [1.54, 1.807) is 18.6 Å². The highest BCUT2D eigenvalue weighted by atomic mass is 35.5. The first-order valence-corrected chi connectivity index (χ1v) is 9.83. The Bertz CT molecular complexity index is 1250. The van der Waals surface area contributed by atoms with Crippen LogP contribution in [-0.2, 0) is 6.54 Å². The van der Waals surface area contributed by atoms with Crippen molar-refractivity contribution in [3.05, 3.63) is 59.9 Å². The molecule has 4 aromatic rings. The van der Waals surface area contributed by atoms with Crippen LogP contribution in [-0.4, -0.2) is 30.3 Å². The van der Waals surface area contributed by atoms with E-state index in [1.165, 1.54) is 4.68 Å². The Morgan fingerprint density at radius 1 is 1.17 bits per heavy atom. The zero-order valence-corrected chi connectivity index (χ0v) is 16.7. The van der Waals surface area contributed by atoms with Gasteiger partial charge in [-0.2, -0.15) is 18.3 Å². The SMILES string of the molecule is Cc1cc(-c2cnn(CC3(C(F)(F)F)CC3)c2)c(-c2ccn3ccnc3c2)nc1Cl. The van der Waals surface area contributed by atoms with Gasteiger partial charge >= 0.3 is 6.18 Å². The van der Waals surface area contributed by atoms with Crippen molar-refractivity contribution in [2.24, 2.45) is 5.41 Å². The minimum atomic E-state index is -4.22. The molecule has 0 radical (unpaired) electrons. The first-order valence-electron chi connectivity index (χ1n) is 9.46.